The number of carbonyl (C=O) groups is 2. The summed E-state index contributed by atoms with van der Waals surface area (Å²) in [6, 6.07) is -1.26. The molecule has 0 saturated carbocycles. The Hall–Kier alpha value is -1.34. The van der Waals surface area contributed by atoms with Crippen molar-refractivity contribution in [1.29, 1.82) is 0 Å². The number of aliphatic carboxylic acids is 1. The number of β-amino-alcohol motifs (C(OH)–C–C–N with tert-alkyl or cyclic N) is 1. The quantitative estimate of drug-likeness (QED) is 0.560. The van der Waals surface area contributed by atoms with Crippen LogP contribution in [-0.4, -0.2) is 77.9 Å². The molecular formula is C11H21N3O4. The largest absolute Gasteiger partial charge is 0.480 e. The lowest BCUT2D eigenvalue weighted by atomic mass is 10.2. The number of urea groups is 1. The summed E-state index contributed by atoms with van der Waals surface area (Å²) in [4.78, 5) is 25.8. The standard InChI is InChI=1S/C11H21N3O4/c1-12-4-3-5-13(2)11(18)14-7-8(15)6-9(14)10(16)17/h8-9,12,15H,3-7H2,1-2H3,(H,16,17)/t8?,9-/m0/s1. The van der Waals surface area contributed by atoms with Crippen molar-refractivity contribution in [2.45, 2.75) is 25.0 Å². The van der Waals surface area contributed by atoms with Crippen LogP contribution in [0.15, 0.2) is 0 Å². The highest BCUT2D eigenvalue weighted by atomic mass is 16.4. The molecule has 1 aliphatic rings. The van der Waals surface area contributed by atoms with Crippen LogP contribution in [0, 0.1) is 0 Å². The molecule has 7 nitrogen and oxygen atoms in total. The van der Waals surface area contributed by atoms with Gasteiger partial charge in [-0.15, -0.1) is 0 Å². The van der Waals surface area contributed by atoms with Crippen LogP contribution in [0.4, 0.5) is 4.79 Å². The Bertz CT molecular complexity index is 311. The van der Waals surface area contributed by atoms with E-state index >= 15 is 0 Å². The van der Waals surface area contributed by atoms with E-state index in [-0.39, 0.29) is 19.0 Å². The third kappa shape index (κ3) is 3.58. The molecule has 0 aromatic heterocycles. The molecule has 0 aromatic rings. The summed E-state index contributed by atoms with van der Waals surface area (Å²) in [6.07, 6.45) is 0.152. The van der Waals surface area contributed by atoms with Crippen molar-refractivity contribution >= 4 is 12.0 Å². The molecule has 2 atom stereocenters. The average Bonchev–Trinajstić information content (AvgIpc) is 2.70. The summed E-state index contributed by atoms with van der Waals surface area (Å²) >= 11 is 0. The predicted molar refractivity (Wildman–Crippen MR) is 65.3 cm³/mol. The molecule has 7 heteroatoms. The number of hydrogen-bond acceptors (Lipinski definition) is 4. The monoisotopic (exact) mass is 259 g/mol. The SMILES string of the molecule is CNCCCN(C)C(=O)N1CC(O)C[C@H]1C(=O)O. The molecule has 0 spiro atoms. The highest BCUT2D eigenvalue weighted by molar-refractivity contribution is 5.83. The van der Waals surface area contributed by atoms with Gasteiger partial charge in [-0.2, -0.15) is 0 Å². The van der Waals surface area contributed by atoms with Crippen LogP contribution < -0.4 is 5.32 Å². The third-order valence-electron chi connectivity index (χ3n) is 3.06. The molecule has 1 heterocycles. The highest BCUT2D eigenvalue weighted by Gasteiger charge is 2.39. The number of amides is 2. The van der Waals surface area contributed by atoms with E-state index in [2.05, 4.69) is 5.32 Å². The minimum atomic E-state index is -1.07. The van der Waals surface area contributed by atoms with Gasteiger partial charge in [0.05, 0.1) is 6.10 Å². The molecule has 2 amide bonds. The van der Waals surface area contributed by atoms with Gasteiger partial charge in [-0.3, -0.25) is 0 Å². The fourth-order valence-electron chi connectivity index (χ4n) is 2.07. The van der Waals surface area contributed by atoms with Crippen LogP contribution >= 0.6 is 0 Å². The first-order chi connectivity index (χ1) is 8.47. The van der Waals surface area contributed by atoms with E-state index in [0.717, 1.165) is 13.0 Å². The lowest BCUT2D eigenvalue weighted by Crippen LogP contribution is -2.47. The molecule has 0 radical (unpaired) electrons. The molecule has 1 saturated heterocycles. The van der Waals surface area contributed by atoms with Gasteiger partial charge >= 0.3 is 12.0 Å². The Kier molecular flexibility index (Phi) is 5.36. The van der Waals surface area contributed by atoms with Gasteiger partial charge in [0.15, 0.2) is 0 Å². The summed E-state index contributed by atoms with van der Waals surface area (Å²) in [5, 5.41) is 21.5. The summed E-state index contributed by atoms with van der Waals surface area (Å²) in [5.74, 6) is -1.07. The maximum absolute atomic E-state index is 12.1. The fraction of sp³-hybridized carbons (Fsp3) is 0.818. The van der Waals surface area contributed by atoms with Crippen molar-refractivity contribution in [3.63, 3.8) is 0 Å². The molecule has 18 heavy (non-hydrogen) atoms. The van der Waals surface area contributed by atoms with Crippen LogP contribution in [0.3, 0.4) is 0 Å². The minimum Gasteiger partial charge on any atom is -0.480 e. The van der Waals surface area contributed by atoms with Crippen LogP contribution in [0.5, 0.6) is 0 Å². The number of nitrogens with zero attached hydrogens (tertiary/aromatic N) is 2. The zero-order valence-corrected chi connectivity index (χ0v) is 10.8. The van der Waals surface area contributed by atoms with Gasteiger partial charge < -0.3 is 25.3 Å². The van der Waals surface area contributed by atoms with E-state index in [1.165, 1.54) is 9.80 Å². The van der Waals surface area contributed by atoms with Crippen LogP contribution in [0.1, 0.15) is 12.8 Å². The average molecular weight is 259 g/mol. The maximum atomic E-state index is 12.1. The van der Waals surface area contributed by atoms with E-state index < -0.39 is 18.1 Å². The summed E-state index contributed by atoms with van der Waals surface area (Å²) in [7, 11) is 3.47. The molecule has 1 unspecified atom stereocenters. The summed E-state index contributed by atoms with van der Waals surface area (Å²) in [6.45, 7) is 1.44. The van der Waals surface area contributed by atoms with Gasteiger partial charge in [0.25, 0.3) is 0 Å². The number of carboxylic acids is 1. The molecule has 104 valence electrons. The Labute approximate surface area is 106 Å². The molecule has 0 aromatic carbocycles. The van der Waals surface area contributed by atoms with Crippen LogP contribution in [0.2, 0.25) is 0 Å². The van der Waals surface area contributed by atoms with Crippen LogP contribution in [-0.2, 0) is 4.79 Å². The normalized spacial score (nSPS) is 23.2. The Morgan fingerprint density at radius 3 is 2.72 bits per heavy atom. The third-order valence-corrected chi connectivity index (χ3v) is 3.06. The van der Waals surface area contributed by atoms with Gasteiger partial charge in [0.2, 0.25) is 0 Å². The van der Waals surface area contributed by atoms with E-state index in [9.17, 15) is 14.7 Å². The molecule has 3 N–H and O–H groups in total. The molecular weight excluding hydrogens is 238 g/mol. The molecule has 1 fully saturated rings. The highest BCUT2D eigenvalue weighted by Crippen LogP contribution is 2.19. The number of likely N-dealkylation sites (tertiary alicyclic amines) is 1. The van der Waals surface area contributed by atoms with Crippen molar-refractivity contribution in [2.75, 3.05) is 33.7 Å². The van der Waals surface area contributed by atoms with Crippen LogP contribution in [0.25, 0.3) is 0 Å². The zero-order chi connectivity index (χ0) is 13.7. The van der Waals surface area contributed by atoms with Gasteiger partial charge in [0, 0.05) is 26.6 Å². The van der Waals surface area contributed by atoms with Crippen molar-refractivity contribution in [3.05, 3.63) is 0 Å². The molecule has 1 aliphatic heterocycles. The van der Waals surface area contributed by atoms with E-state index in [4.69, 9.17) is 5.11 Å². The predicted octanol–water partition coefficient (Wildman–Crippen LogP) is -0.832. The Morgan fingerprint density at radius 2 is 2.17 bits per heavy atom. The summed E-state index contributed by atoms with van der Waals surface area (Å²) < 4.78 is 0. The smallest absolute Gasteiger partial charge is 0.326 e. The second-order valence-electron chi connectivity index (χ2n) is 4.56. The van der Waals surface area contributed by atoms with Gasteiger partial charge in [-0.1, -0.05) is 0 Å². The molecule has 0 aliphatic carbocycles. The second-order valence-corrected chi connectivity index (χ2v) is 4.56. The molecule has 1 rings (SSSR count). The Morgan fingerprint density at radius 1 is 1.50 bits per heavy atom. The number of carbonyl (C=O) groups excluding carboxylic acids is 1. The first-order valence-corrected chi connectivity index (χ1v) is 6.04. The van der Waals surface area contributed by atoms with E-state index in [0.29, 0.717) is 6.54 Å². The number of aliphatic hydroxyl groups is 1. The lowest BCUT2D eigenvalue weighted by Gasteiger charge is -2.27. The first-order valence-electron chi connectivity index (χ1n) is 6.04. The number of nitrogens with one attached hydrogen (secondary N) is 1. The zero-order valence-electron chi connectivity index (χ0n) is 10.8. The Balaban J connectivity index is 2.56. The van der Waals surface area contributed by atoms with Crippen molar-refractivity contribution < 1.29 is 19.8 Å². The second kappa shape index (κ2) is 6.55. The fourth-order valence-corrected chi connectivity index (χ4v) is 2.07. The number of aliphatic hydroxyl groups excluding tert-OH is 1. The van der Waals surface area contributed by atoms with E-state index in [1.807, 2.05) is 7.05 Å². The minimum absolute atomic E-state index is 0.0895. The topological polar surface area (TPSA) is 93.1 Å². The number of rotatable bonds is 5. The number of carboxylic acid groups (broad SMARTS) is 1. The van der Waals surface area contributed by atoms with Gasteiger partial charge in [-0.25, -0.2) is 9.59 Å². The number of hydrogen-bond donors (Lipinski definition) is 3. The maximum Gasteiger partial charge on any atom is 0.326 e. The summed E-state index contributed by atoms with van der Waals surface area (Å²) in [5.41, 5.74) is 0. The van der Waals surface area contributed by atoms with Gasteiger partial charge in [0.1, 0.15) is 6.04 Å². The van der Waals surface area contributed by atoms with Crippen molar-refractivity contribution in [2.24, 2.45) is 0 Å². The van der Waals surface area contributed by atoms with E-state index in [1.54, 1.807) is 7.05 Å². The molecule has 0 bridgehead atoms. The van der Waals surface area contributed by atoms with Crippen molar-refractivity contribution in [1.82, 2.24) is 15.1 Å². The first kappa shape index (κ1) is 14.7. The van der Waals surface area contributed by atoms with Gasteiger partial charge in [-0.05, 0) is 20.0 Å². The lowest BCUT2D eigenvalue weighted by molar-refractivity contribution is -0.141. The van der Waals surface area contributed by atoms with Crippen molar-refractivity contribution in [3.8, 4) is 0 Å².